The van der Waals surface area contributed by atoms with Crippen LogP contribution in [0.5, 0.6) is 0 Å². The SMILES string of the molecule is O=S(=O)(c1ccc(-c2cnco2)cc1)N1CCCC(O)(CO)CC1. The zero-order valence-corrected chi connectivity index (χ0v) is 13.9. The van der Waals surface area contributed by atoms with Gasteiger partial charge < -0.3 is 14.6 Å². The first-order valence-electron chi connectivity index (χ1n) is 7.77. The average molecular weight is 352 g/mol. The zero-order valence-electron chi connectivity index (χ0n) is 13.1. The zero-order chi connectivity index (χ0) is 17.2. The number of rotatable bonds is 4. The predicted octanol–water partition coefficient (Wildman–Crippen LogP) is 1.24. The maximum absolute atomic E-state index is 12.8. The van der Waals surface area contributed by atoms with E-state index < -0.39 is 15.6 Å². The molecular weight excluding hydrogens is 332 g/mol. The molecule has 1 saturated heterocycles. The van der Waals surface area contributed by atoms with Gasteiger partial charge in [-0.25, -0.2) is 13.4 Å². The van der Waals surface area contributed by atoms with Crippen LogP contribution in [0.4, 0.5) is 0 Å². The van der Waals surface area contributed by atoms with Crippen LogP contribution in [-0.2, 0) is 10.0 Å². The molecule has 0 radical (unpaired) electrons. The van der Waals surface area contributed by atoms with E-state index in [2.05, 4.69) is 4.98 Å². The summed E-state index contributed by atoms with van der Waals surface area (Å²) in [6.45, 7) is 0.157. The molecule has 1 unspecified atom stereocenters. The van der Waals surface area contributed by atoms with Crippen molar-refractivity contribution in [3.63, 3.8) is 0 Å². The Bertz CT molecular complexity index is 773. The first-order chi connectivity index (χ1) is 11.4. The number of oxazole rings is 1. The number of sulfonamides is 1. The molecule has 1 atom stereocenters. The van der Waals surface area contributed by atoms with Gasteiger partial charge in [-0.15, -0.1) is 0 Å². The molecule has 1 aromatic carbocycles. The predicted molar refractivity (Wildman–Crippen MR) is 86.6 cm³/mol. The van der Waals surface area contributed by atoms with Crippen LogP contribution in [0.1, 0.15) is 19.3 Å². The van der Waals surface area contributed by atoms with Crippen LogP contribution in [-0.4, -0.2) is 53.2 Å². The molecule has 2 aromatic rings. The summed E-state index contributed by atoms with van der Waals surface area (Å²) in [4.78, 5) is 4.03. The summed E-state index contributed by atoms with van der Waals surface area (Å²) in [6, 6.07) is 6.43. The lowest BCUT2D eigenvalue weighted by atomic mass is 9.96. The van der Waals surface area contributed by atoms with Crippen molar-refractivity contribution in [2.24, 2.45) is 0 Å². The number of aromatic nitrogens is 1. The van der Waals surface area contributed by atoms with Gasteiger partial charge in [-0.3, -0.25) is 0 Å². The van der Waals surface area contributed by atoms with Crippen LogP contribution in [0.3, 0.4) is 0 Å². The molecule has 1 aliphatic rings. The number of nitrogens with zero attached hydrogens (tertiary/aromatic N) is 2. The molecule has 7 nitrogen and oxygen atoms in total. The summed E-state index contributed by atoms with van der Waals surface area (Å²) < 4.78 is 32.1. The minimum absolute atomic E-state index is 0.184. The molecule has 24 heavy (non-hydrogen) atoms. The molecule has 0 spiro atoms. The molecule has 1 aromatic heterocycles. The number of aliphatic hydroxyl groups is 2. The van der Waals surface area contributed by atoms with Gasteiger partial charge in [-0.2, -0.15) is 4.31 Å². The van der Waals surface area contributed by atoms with Crippen molar-refractivity contribution >= 4 is 10.0 Å². The second-order valence-electron chi connectivity index (χ2n) is 6.03. The topological polar surface area (TPSA) is 104 Å². The van der Waals surface area contributed by atoms with Crippen LogP contribution >= 0.6 is 0 Å². The Hall–Kier alpha value is -1.74. The normalized spacial score (nSPS) is 23.1. The minimum atomic E-state index is -3.63. The van der Waals surface area contributed by atoms with E-state index in [0.29, 0.717) is 25.1 Å². The summed E-state index contributed by atoms with van der Waals surface area (Å²) in [6.07, 6.45) is 4.00. The fourth-order valence-electron chi connectivity index (χ4n) is 2.85. The molecule has 130 valence electrons. The number of benzene rings is 1. The van der Waals surface area contributed by atoms with Gasteiger partial charge in [0.15, 0.2) is 12.2 Å². The first kappa shape index (κ1) is 17.1. The highest BCUT2D eigenvalue weighted by Gasteiger charge is 2.34. The summed E-state index contributed by atoms with van der Waals surface area (Å²) >= 11 is 0. The van der Waals surface area contributed by atoms with E-state index in [0.717, 1.165) is 5.56 Å². The Morgan fingerprint density at radius 3 is 2.58 bits per heavy atom. The third-order valence-electron chi connectivity index (χ3n) is 4.38. The van der Waals surface area contributed by atoms with Gasteiger partial charge in [-0.05, 0) is 43.5 Å². The van der Waals surface area contributed by atoms with E-state index in [1.165, 1.54) is 22.8 Å². The highest BCUT2D eigenvalue weighted by molar-refractivity contribution is 7.89. The van der Waals surface area contributed by atoms with E-state index in [1.807, 2.05) is 0 Å². The monoisotopic (exact) mass is 352 g/mol. The van der Waals surface area contributed by atoms with Crippen molar-refractivity contribution < 1.29 is 23.0 Å². The molecule has 0 bridgehead atoms. The quantitative estimate of drug-likeness (QED) is 0.858. The highest BCUT2D eigenvalue weighted by Crippen LogP contribution is 2.27. The van der Waals surface area contributed by atoms with Gasteiger partial charge in [0, 0.05) is 18.7 Å². The van der Waals surface area contributed by atoms with Crippen LogP contribution < -0.4 is 0 Å². The number of hydrogen-bond acceptors (Lipinski definition) is 6. The van der Waals surface area contributed by atoms with Gasteiger partial charge in [0.1, 0.15) is 0 Å². The van der Waals surface area contributed by atoms with E-state index in [9.17, 15) is 18.6 Å². The largest absolute Gasteiger partial charge is 0.444 e. The fraction of sp³-hybridized carbons (Fsp3) is 0.438. The highest BCUT2D eigenvalue weighted by atomic mass is 32.2. The molecule has 1 aliphatic heterocycles. The maximum Gasteiger partial charge on any atom is 0.243 e. The third kappa shape index (κ3) is 3.36. The van der Waals surface area contributed by atoms with Crippen molar-refractivity contribution in [2.45, 2.75) is 29.8 Å². The molecule has 0 saturated carbocycles. The molecule has 1 fully saturated rings. The lowest BCUT2D eigenvalue weighted by molar-refractivity contribution is -0.0244. The lowest BCUT2D eigenvalue weighted by Gasteiger charge is -2.24. The summed E-state index contributed by atoms with van der Waals surface area (Å²) in [5.41, 5.74) is -0.447. The van der Waals surface area contributed by atoms with E-state index >= 15 is 0 Å². The van der Waals surface area contributed by atoms with Crippen molar-refractivity contribution in [3.05, 3.63) is 36.9 Å². The number of aliphatic hydroxyl groups excluding tert-OH is 1. The maximum atomic E-state index is 12.8. The van der Waals surface area contributed by atoms with Crippen LogP contribution in [0.2, 0.25) is 0 Å². The molecule has 0 aliphatic carbocycles. The van der Waals surface area contributed by atoms with E-state index in [4.69, 9.17) is 4.42 Å². The smallest absolute Gasteiger partial charge is 0.243 e. The van der Waals surface area contributed by atoms with Crippen molar-refractivity contribution in [1.29, 1.82) is 0 Å². The van der Waals surface area contributed by atoms with Crippen LogP contribution in [0.25, 0.3) is 11.3 Å². The summed E-state index contributed by atoms with van der Waals surface area (Å²) in [7, 11) is -3.63. The Labute approximate surface area is 140 Å². The van der Waals surface area contributed by atoms with Gasteiger partial charge in [0.25, 0.3) is 0 Å². The summed E-state index contributed by atoms with van der Waals surface area (Å²) in [5, 5.41) is 19.4. The second-order valence-corrected chi connectivity index (χ2v) is 7.97. The Morgan fingerprint density at radius 2 is 1.96 bits per heavy atom. The average Bonchev–Trinajstić information content (AvgIpc) is 3.05. The lowest BCUT2D eigenvalue weighted by Crippen LogP contribution is -2.36. The molecule has 8 heteroatoms. The van der Waals surface area contributed by atoms with Crippen molar-refractivity contribution in [3.8, 4) is 11.3 Å². The van der Waals surface area contributed by atoms with Gasteiger partial charge >= 0.3 is 0 Å². The van der Waals surface area contributed by atoms with E-state index in [1.54, 1.807) is 18.3 Å². The Balaban J connectivity index is 1.80. The van der Waals surface area contributed by atoms with Gasteiger partial charge in [-0.1, -0.05) is 0 Å². The molecule has 0 amide bonds. The molecule has 2 N–H and O–H groups in total. The molecular formula is C16H20N2O5S. The standard InChI is InChI=1S/C16H20N2O5S/c19-11-16(20)6-1-8-18(9-7-16)24(21,22)14-4-2-13(3-5-14)15-10-17-12-23-15/h2-5,10,12,19-20H,1,6-9,11H2. The van der Waals surface area contributed by atoms with Gasteiger partial charge in [0.05, 0.1) is 23.3 Å². The van der Waals surface area contributed by atoms with Crippen LogP contribution in [0, 0.1) is 0 Å². The van der Waals surface area contributed by atoms with Gasteiger partial charge in [0.2, 0.25) is 10.0 Å². The first-order valence-corrected chi connectivity index (χ1v) is 9.21. The van der Waals surface area contributed by atoms with Crippen LogP contribution in [0.15, 0.2) is 46.2 Å². The Morgan fingerprint density at radius 1 is 1.21 bits per heavy atom. The Kier molecular flexibility index (Phi) is 4.73. The second kappa shape index (κ2) is 6.64. The van der Waals surface area contributed by atoms with Crippen molar-refractivity contribution in [1.82, 2.24) is 9.29 Å². The van der Waals surface area contributed by atoms with E-state index in [-0.39, 0.29) is 24.5 Å². The number of hydrogen-bond donors (Lipinski definition) is 2. The van der Waals surface area contributed by atoms with Crippen molar-refractivity contribution in [2.75, 3.05) is 19.7 Å². The minimum Gasteiger partial charge on any atom is -0.444 e. The molecule has 2 heterocycles. The third-order valence-corrected chi connectivity index (χ3v) is 6.29. The fourth-order valence-corrected chi connectivity index (χ4v) is 4.33. The summed E-state index contributed by atoms with van der Waals surface area (Å²) in [5.74, 6) is 0.571. The molecule has 3 rings (SSSR count).